The number of halogens is 2. The average molecular weight is 288 g/mol. The minimum absolute atomic E-state index is 0.730. The Morgan fingerprint density at radius 3 is 2.26 bits per heavy atom. The number of pyridine rings is 1. The Balaban J connectivity index is 2.20. The van der Waals surface area contributed by atoms with Crippen LogP contribution in [0.2, 0.25) is 10.0 Å². The van der Waals surface area contributed by atoms with Crippen LogP contribution < -0.4 is 0 Å². The standard InChI is InChI=1S/C16H11Cl2N/c1-10-8-16(11-2-4-12(17)5-3-11)19-15-7-6-13(18)9-14(10)15/h2-9H,1H3. The number of nitrogens with zero attached hydrogens (tertiary/aromatic N) is 1. The first-order chi connectivity index (χ1) is 9.13. The maximum absolute atomic E-state index is 6.02. The van der Waals surface area contributed by atoms with E-state index in [1.807, 2.05) is 42.5 Å². The molecule has 1 aromatic heterocycles. The Hall–Kier alpha value is -1.57. The Morgan fingerprint density at radius 1 is 0.842 bits per heavy atom. The third kappa shape index (κ3) is 2.44. The average Bonchev–Trinajstić information content (AvgIpc) is 2.40. The van der Waals surface area contributed by atoms with Crippen molar-refractivity contribution in [1.29, 1.82) is 0 Å². The van der Waals surface area contributed by atoms with E-state index in [0.29, 0.717) is 0 Å². The predicted octanol–water partition coefficient (Wildman–Crippen LogP) is 5.52. The monoisotopic (exact) mass is 287 g/mol. The maximum atomic E-state index is 6.02. The summed E-state index contributed by atoms with van der Waals surface area (Å²) in [6.45, 7) is 2.07. The van der Waals surface area contributed by atoms with E-state index in [0.717, 1.165) is 37.8 Å². The van der Waals surface area contributed by atoms with E-state index in [2.05, 4.69) is 18.0 Å². The van der Waals surface area contributed by atoms with Crippen molar-refractivity contribution in [3.63, 3.8) is 0 Å². The molecule has 0 amide bonds. The van der Waals surface area contributed by atoms with E-state index < -0.39 is 0 Å². The molecule has 0 fully saturated rings. The Bertz CT molecular complexity index is 749. The molecule has 1 nitrogen and oxygen atoms in total. The molecule has 0 aliphatic rings. The van der Waals surface area contributed by atoms with Crippen molar-refractivity contribution >= 4 is 34.1 Å². The van der Waals surface area contributed by atoms with Crippen molar-refractivity contribution in [1.82, 2.24) is 4.98 Å². The van der Waals surface area contributed by atoms with E-state index in [1.54, 1.807) is 0 Å². The zero-order valence-corrected chi connectivity index (χ0v) is 11.8. The van der Waals surface area contributed by atoms with E-state index >= 15 is 0 Å². The predicted molar refractivity (Wildman–Crippen MR) is 81.9 cm³/mol. The maximum Gasteiger partial charge on any atom is 0.0713 e. The molecule has 0 saturated carbocycles. The van der Waals surface area contributed by atoms with Gasteiger partial charge in [0.1, 0.15) is 0 Å². The van der Waals surface area contributed by atoms with Gasteiger partial charge in [0.05, 0.1) is 11.2 Å². The molecule has 2 aromatic carbocycles. The molecule has 94 valence electrons. The van der Waals surface area contributed by atoms with Gasteiger partial charge in [-0.1, -0.05) is 35.3 Å². The summed E-state index contributed by atoms with van der Waals surface area (Å²) in [5.74, 6) is 0. The van der Waals surface area contributed by atoms with Crippen LogP contribution in [0.25, 0.3) is 22.2 Å². The van der Waals surface area contributed by atoms with Crippen LogP contribution in [-0.2, 0) is 0 Å². The van der Waals surface area contributed by atoms with Crippen molar-refractivity contribution in [3.05, 3.63) is 64.1 Å². The van der Waals surface area contributed by atoms with E-state index in [-0.39, 0.29) is 0 Å². The lowest BCUT2D eigenvalue weighted by atomic mass is 10.1. The number of benzene rings is 2. The van der Waals surface area contributed by atoms with Crippen LogP contribution in [0.15, 0.2) is 48.5 Å². The summed E-state index contributed by atoms with van der Waals surface area (Å²) < 4.78 is 0. The number of fused-ring (bicyclic) bond motifs is 1. The quantitative estimate of drug-likeness (QED) is 0.574. The molecule has 0 radical (unpaired) electrons. The Morgan fingerprint density at radius 2 is 1.53 bits per heavy atom. The molecule has 3 heteroatoms. The fourth-order valence-electron chi connectivity index (χ4n) is 2.14. The van der Waals surface area contributed by atoms with E-state index in [4.69, 9.17) is 23.2 Å². The molecule has 0 atom stereocenters. The molecule has 0 unspecified atom stereocenters. The number of aromatic nitrogens is 1. The molecule has 0 spiro atoms. The van der Waals surface area contributed by atoms with Gasteiger partial charge in [0, 0.05) is 21.0 Å². The second-order valence-electron chi connectivity index (χ2n) is 4.49. The fraction of sp³-hybridized carbons (Fsp3) is 0.0625. The highest BCUT2D eigenvalue weighted by Gasteiger charge is 2.05. The van der Waals surface area contributed by atoms with Crippen LogP contribution >= 0.6 is 23.2 Å². The van der Waals surface area contributed by atoms with Gasteiger partial charge in [0.2, 0.25) is 0 Å². The first-order valence-corrected chi connectivity index (χ1v) is 6.72. The molecule has 0 saturated heterocycles. The molecule has 3 rings (SSSR count). The summed E-state index contributed by atoms with van der Waals surface area (Å²) in [5.41, 5.74) is 4.13. The molecule has 3 aromatic rings. The summed E-state index contributed by atoms with van der Waals surface area (Å²) in [6, 6.07) is 15.5. The normalized spacial score (nSPS) is 10.9. The lowest BCUT2D eigenvalue weighted by molar-refractivity contribution is 1.36. The first kappa shape index (κ1) is 12.5. The summed E-state index contributed by atoms with van der Waals surface area (Å²) >= 11 is 11.9. The second kappa shape index (κ2) is 4.84. The number of rotatable bonds is 1. The number of aryl methyl sites for hydroxylation is 1. The highest BCUT2D eigenvalue weighted by Crippen LogP contribution is 2.27. The third-order valence-corrected chi connectivity index (χ3v) is 3.60. The van der Waals surface area contributed by atoms with Gasteiger partial charge in [-0.3, -0.25) is 0 Å². The second-order valence-corrected chi connectivity index (χ2v) is 5.37. The molecule has 19 heavy (non-hydrogen) atoms. The molecule has 0 aliphatic heterocycles. The largest absolute Gasteiger partial charge is 0.248 e. The van der Waals surface area contributed by atoms with E-state index in [1.165, 1.54) is 0 Å². The van der Waals surface area contributed by atoms with Gasteiger partial charge in [0.15, 0.2) is 0 Å². The topological polar surface area (TPSA) is 12.9 Å². The van der Waals surface area contributed by atoms with Crippen LogP contribution in [-0.4, -0.2) is 4.98 Å². The molecule has 0 N–H and O–H groups in total. The first-order valence-electron chi connectivity index (χ1n) is 5.96. The summed E-state index contributed by atoms with van der Waals surface area (Å²) in [7, 11) is 0. The van der Waals surface area contributed by atoms with Crippen molar-refractivity contribution in [2.45, 2.75) is 6.92 Å². The highest BCUT2D eigenvalue weighted by atomic mass is 35.5. The van der Waals surface area contributed by atoms with Gasteiger partial charge in [-0.15, -0.1) is 0 Å². The van der Waals surface area contributed by atoms with Gasteiger partial charge in [-0.05, 0) is 48.9 Å². The molecular formula is C16H11Cl2N. The van der Waals surface area contributed by atoms with Crippen molar-refractivity contribution in [3.8, 4) is 11.3 Å². The SMILES string of the molecule is Cc1cc(-c2ccc(Cl)cc2)nc2ccc(Cl)cc12. The summed E-state index contributed by atoms with van der Waals surface area (Å²) in [6.07, 6.45) is 0. The minimum Gasteiger partial charge on any atom is -0.248 e. The molecule has 0 aliphatic carbocycles. The lowest BCUT2D eigenvalue weighted by Gasteiger charge is -2.07. The fourth-order valence-corrected chi connectivity index (χ4v) is 2.43. The molecular weight excluding hydrogens is 277 g/mol. The summed E-state index contributed by atoms with van der Waals surface area (Å²) in [4.78, 5) is 4.68. The Labute approximate surface area is 121 Å². The molecule has 1 heterocycles. The summed E-state index contributed by atoms with van der Waals surface area (Å²) in [5, 5.41) is 2.55. The minimum atomic E-state index is 0.730. The highest BCUT2D eigenvalue weighted by molar-refractivity contribution is 6.31. The Kier molecular flexibility index (Phi) is 3.17. The van der Waals surface area contributed by atoms with Crippen LogP contribution in [0.3, 0.4) is 0 Å². The van der Waals surface area contributed by atoms with Gasteiger partial charge < -0.3 is 0 Å². The van der Waals surface area contributed by atoms with E-state index in [9.17, 15) is 0 Å². The van der Waals surface area contributed by atoms with Gasteiger partial charge in [-0.2, -0.15) is 0 Å². The smallest absolute Gasteiger partial charge is 0.0713 e. The van der Waals surface area contributed by atoms with Crippen molar-refractivity contribution < 1.29 is 0 Å². The van der Waals surface area contributed by atoms with Gasteiger partial charge in [0.25, 0.3) is 0 Å². The van der Waals surface area contributed by atoms with Crippen molar-refractivity contribution in [2.75, 3.05) is 0 Å². The van der Waals surface area contributed by atoms with Crippen molar-refractivity contribution in [2.24, 2.45) is 0 Å². The van der Waals surface area contributed by atoms with Gasteiger partial charge in [-0.25, -0.2) is 4.98 Å². The van der Waals surface area contributed by atoms with Crippen LogP contribution in [0.1, 0.15) is 5.56 Å². The zero-order valence-electron chi connectivity index (χ0n) is 10.3. The van der Waals surface area contributed by atoms with Crippen LogP contribution in [0.4, 0.5) is 0 Å². The number of hydrogen-bond donors (Lipinski definition) is 0. The number of hydrogen-bond acceptors (Lipinski definition) is 1. The molecule has 0 bridgehead atoms. The lowest BCUT2D eigenvalue weighted by Crippen LogP contribution is -1.88. The van der Waals surface area contributed by atoms with Crippen LogP contribution in [0.5, 0.6) is 0 Å². The van der Waals surface area contributed by atoms with Gasteiger partial charge >= 0.3 is 0 Å². The zero-order chi connectivity index (χ0) is 13.4. The van der Waals surface area contributed by atoms with Crippen LogP contribution in [0, 0.1) is 6.92 Å². The third-order valence-electron chi connectivity index (χ3n) is 3.12.